The number of halogens is 1. The van der Waals surface area contributed by atoms with Gasteiger partial charge in [0, 0.05) is 23.1 Å². The largest absolute Gasteiger partial charge is 0.495 e. The second-order valence-electron chi connectivity index (χ2n) is 5.81. The van der Waals surface area contributed by atoms with Crippen LogP contribution in [-0.4, -0.2) is 32.7 Å². The molecule has 1 aromatic heterocycles. The fourth-order valence-electron chi connectivity index (χ4n) is 2.71. The van der Waals surface area contributed by atoms with E-state index in [1.807, 2.05) is 12.1 Å². The molecule has 0 aliphatic heterocycles. The molecule has 1 heterocycles. The van der Waals surface area contributed by atoms with E-state index in [0.29, 0.717) is 27.6 Å². The summed E-state index contributed by atoms with van der Waals surface area (Å²) in [6.45, 7) is -0.328. The van der Waals surface area contributed by atoms with Crippen molar-refractivity contribution in [3.63, 3.8) is 0 Å². The highest BCUT2D eigenvalue weighted by Crippen LogP contribution is 2.28. The highest BCUT2D eigenvalue weighted by molar-refractivity contribution is 6.31. The van der Waals surface area contributed by atoms with Crippen molar-refractivity contribution in [1.82, 2.24) is 0 Å². The Bertz CT molecular complexity index is 1010. The van der Waals surface area contributed by atoms with Crippen LogP contribution in [0.2, 0.25) is 5.02 Å². The predicted molar refractivity (Wildman–Crippen MR) is 104 cm³/mol. The quantitative estimate of drug-likeness (QED) is 0.599. The van der Waals surface area contributed by atoms with Crippen LogP contribution in [0.25, 0.3) is 11.0 Å². The lowest BCUT2D eigenvalue weighted by Crippen LogP contribution is -2.21. The summed E-state index contributed by atoms with van der Waals surface area (Å²) in [5.74, 6) is -0.852. The van der Waals surface area contributed by atoms with Gasteiger partial charge in [-0.1, -0.05) is 29.8 Å². The Morgan fingerprint density at radius 1 is 1.14 bits per heavy atom. The number of amides is 1. The SMILES string of the molecule is COCc1c(C(=O)OCC(=O)Nc2cc(Cl)ccc2OC)oc2ccccc12. The third-order valence-electron chi connectivity index (χ3n) is 3.94. The number of anilines is 1. The minimum absolute atomic E-state index is 0.0104. The molecule has 1 N–H and O–H groups in total. The maximum atomic E-state index is 12.4. The molecular weight excluding hydrogens is 386 g/mol. The van der Waals surface area contributed by atoms with Crippen LogP contribution in [0.3, 0.4) is 0 Å². The number of ether oxygens (including phenoxy) is 3. The van der Waals surface area contributed by atoms with Gasteiger partial charge in [-0.3, -0.25) is 4.79 Å². The van der Waals surface area contributed by atoms with Gasteiger partial charge in [0.05, 0.1) is 19.4 Å². The topological polar surface area (TPSA) is 87.0 Å². The Morgan fingerprint density at radius 2 is 1.93 bits per heavy atom. The second kappa shape index (κ2) is 8.77. The van der Waals surface area contributed by atoms with Crippen molar-refractivity contribution >= 4 is 40.1 Å². The number of para-hydroxylation sites is 1. The van der Waals surface area contributed by atoms with E-state index in [4.69, 9.17) is 30.2 Å². The average Bonchev–Trinajstić information content (AvgIpc) is 3.05. The van der Waals surface area contributed by atoms with Crippen LogP contribution in [0.5, 0.6) is 5.75 Å². The lowest BCUT2D eigenvalue weighted by Gasteiger charge is -2.10. The van der Waals surface area contributed by atoms with E-state index in [1.54, 1.807) is 24.3 Å². The van der Waals surface area contributed by atoms with Gasteiger partial charge < -0.3 is 23.9 Å². The third-order valence-corrected chi connectivity index (χ3v) is 4.18. The maximum absolute atomic E-state index is 12.4. The Labute approximate surface area is 166 Å². The second-order valence-corrected chi connectivity index (χ2v) is 6.24. The molecule has 28 heavy (non-hydrogen) atoms. The number of carbonyl (C=O) groups excluding carboxylic acids is 2. The van der Waals surface area contributed by atoms with Crippen molar-refractivity contribution in [2.75, 3.05) is 26.1 Å². The van der Waals surface area contributed by atoms with Crippen molar-refractivity contribution in [3.05, 3.63) is 58.8 Å². The first-order valence-electron chi connectivity index (χ1n) is 8.33. The number of nitrogens with one attached hydrogen (secondary N) is 1. The normalized spacial score (nSPS) is 10.7. The molecule has 8 heteroatoms. The molecular formula is C20H18ClNO6. The van der Waals surface area contributed by atoms with Crippen LogP contribution in [0.15, 0.2) is 46.9 Å². The summed E-state index contributed by atoms with van der Waals surface area (Å²) in [5, 5.41) is 3.78. The van der Waals surface area contributed by atoms with Gasteiger partial charge in [-0.05, 0) is 24.3 Å². The van der Waals surface area contributed by atoms with Gasteiger partial charge in [-0.25, -0.2) is 4.79 Å². The Kier molecular flexibility index (Phi) is 6.18. The minimum atomic E-state index is -0.753. The number of fused-ring (bicyclic) bond motifs is 1. The number of benzene rings is 2. The Hall–Kier alpha value is -3.03. The van der Waals surface area contributed by atoms with Gasteiger partial charge in [-0.15, -0.1) is 0 Å². The molecule has 0 saturated heterocycles. The molecule has 0 bridgehead atoms. The molecule has 0 unspecified atom stereocenters. The average molecular weight is 404 g/mol. The summed E-state index contributed by atoms with van der Waals surface area (Å²) in [6.07, 6.45) is 0. The summed E-state index contributed by atoms with van der Waals surface area (Å²) in [5.41, 5.74) is 1.48. The first-order chi connectivity index (χ1) is 13.5. The summed E-state index contributed by atoms with van der Waals surface area (Å²) in [4.78, 5) is 24.6. The minimum Gasteiger partial charge on any atom is -0.495 e. The van der Waals surface area contributed by atoms with E-state index in [9.17, 15) is 9.59 Å². The smallest absolute Gasteiger partial charge is 0.375 e. The standard InChI is InChI=1S/C20H18ClNO6/c1-25-10-14-13-5-3-4-6-16(13)28-19(14)20(24)27-11-18(23)22-15-9-12(21)7-8-17(15)26-2/h3-9H,10-11H2,1-2H3,(H,22,23). The van der Waals surface area contributed by atoms with Crippen molar-refractivity contribution in [1.29, 1.82) is 0 Å². The highest BCUT2D eigenvalue weighted by atomic mass is 35.5. The van der Waals surface area contributed by atoms with Crippen LogP contribution in [0.4, 0.5) is 5.69 Å². The number of carbonyl (C=O) groups is 2. The number of methoxy groups -OCH3 is 2. The van der Waals surface area contributed by atoms with Crippen molar-refractivity contribution < 1.29 is 28.2 Å². The van der Waals surface area contributed by atoms with E-state index >= 15 is 0 Å². The van der Waals surface area contributed by atoms with Crippen molar-refractivity contribution in [3.8, 4) is 5.75 Å². The zero-order valence-electron chi connectivity index (χ0n) is 15.3. The molecule has 0 atom stereocenters. The zero-order valence-corrected chi connectivity index (χ0v) is 16.0. The van der Waals surface area contributed by atoms with Crippen LogP contribution in [0, 0.1) is 0 Å². The van der Waals surface area contributed by atoms with Gasteiger partial charge >= 0.3 is 5.97 Å². The van der Waals surface area contributed by atoms with Crippen LogP contribution >= 0.6 is 11.6 Å². The van der Waals surface area contributed by atoms with Gasteiger partial charge in [-0.2, -0.15) is 0 Å². The van der Waals surface area contributed by atoms with Crippen LogP contribution in [-0.2, 0) is 20.9 Å². The first-order valence-corrected chi connectivity index (χ1v) is 8.71. The highest BCUT2D eigenvalue weighted by Gasteiger charge is 2.22. The van der Waals surface area contributed by atoms with Gasteiger partial charge in [0.2, 0.25) is 5.76 Å². The number of esters is 1. The summed E-state index contributed by atoms with van der Waals surface area (Å²) < 4.78 is 21.0. The van der Waals surface area contributed by atoms with Gasteiger partial charge in [0.15, 0.2) is 6.61 Å². The molecule has 1 amide bonds. The molecule has 0 aliphatic rings. The van der Waals surface area contributed by atoms with Crippen LogP contribution < -0.4 is 10.1 Å². The fraction of sp³-hybridized carbons (Fsp3) is 0.200. The molecule has 3 rings (SSSR count). The fourth-order valence-corrected chi connectivity index (χ4v) is 2.88. The van der Waals surface area contributed by atoms with Crippen molar-refractivity contribution in [2.45, 2.75) is 6.61 Å². The monoisotopic (exact) mass is 403 g/mol. The molecule has 7 nitrogen and oxygen atoms in total. The molecule has 2 aromatic carbocycles. The predicted octanol–water partition coefficient (Wildman–Crippen LogP) is 4.04. The molecule has 0 saturated carbocycles. The maximum Gasteiger partial charge on any atom is 0.375 e. The molecule has 0 aliphatic carbocycles. The third kappa shape index (κ3) is 4.27. The number of furan rings is 1. The summed E-state index contributed by atoms with van der Waals surface area (Å²) in [6, 6.07) is 12.0. The van der Waals surface area contributed by atoms with E-state index in [0.717, 1.165) is 5.39 Å². The number of rotatable bonds is 7. The molecule has 0 radical (unpaired) electrons. The number of hydrogen-bond donors (Lipinski definition) is 1. The number of hydrogen-bond acceptors (Lipinski definition) is 6. The summed E-state index contributed by atoms with van der Waals surface area (Å²) in [7, 11) is 2.99. The summed E-state index contributed by atoms with van der Waals surface area (Å²) >= 11 is 5.93. The molecule has 0 spiro atoms. The zero-order chi connectivity index (χ0) is 20.1. The molecule has 3 aromatic rings. The van der Waals surface area contributed by atoms with E-state index in [-0.39, 0.29) is 12.4 Å². The van der Waals surface area contributed by atoms with Crippen LogP contribution in [0.1, 0.15) is 16.1 Å². The lowest BCUT2D eigenvalue weighted by atomic mass is 10.1. The van der Waals surface area contributed by atoms with E-state index in [1.165, 1.54) is 20.3 Å². The van der Waals surface area contributed by atoms with E-state index in [2.05, 4.69) is 5.32 Å². The molecule has 0 fully saturated rings. The lowest BCUT2D eigenvalue weighted by molar-refractivity contribution is -0.119. The van der Waals surface area contributed by atoms with Gasteiger partial charge in [0.25, 0.3) is 5.91 Å². The van der Waals surface area contributed by atoms with E-state index < -0.39 is 18.5 Å². The Morgan fingerprint density at radius 3 is 2.68 bits per heavy atom. The first kappa shape index (κ1) is 19.7. The van der Waals surface area contributed by atoms with Gasteiger partial charge in [0.1, 0.15) is 11.3 Å². The van der Waals surface area contributed by atoms with Crippen molar-refractivity contribution in [2.24, 2.45) is 0 Å². The molecule has 146 valence electrons. The Balaban J connectivity index is 1.70.